The standard InChI is InChI=1S/C19H18FN3O6S/c1-27-7-6-22-13-5-4-11(20)8-17(13)30-19(22)21-18(24)12-9-15(28-2)16(29-3)10-14(12)23(25)26/h4-5,8-10H,6-7H2,1-3H3. The molecule has 3 rings (SSSR count). The normalized spacial score (nSPS) is 11.7. The largest absolute Gasteiger partial charge is 0.493 e. The Hall–Kier alpha value is -3.31. The van der Waals surface area contributed by atoms with Gasteiger partial charge in [-0.3, -0.25) is 14.9 Å². The van der Waals surface area contributed by atoms with E-state index in [0.717, 1.165) is 17.4 Å². The van der Waals surface area contributed by atoms with Crippen LogP contribution >= 0.6 is 11.3 Å². The first-order chi connectivity index (χ1) is 14.4. The highest BCUT2D eigenvalue weighted by molar-refractivity contribution is 7.16. The molecule has 1 heterocycles. The van der Waals surface area contributed by atoms with Gasteiger partial charge in [-0.2, -0.15) is 4.99 Å². The number of thiazole rings is 1. The van der Waals surface area contributed by atoms with E-state index in [-0.39, 0.29) is 21.9 Å². The van der Waals surface area contributed by atoms with Gasteiger partial charge in [-0.15, -0.1) is 0 Å². The van der Waals surface area contributed by atoms with Crippen LogP contribution in [0.4, 0.5) is 10.1 Å². The average Bonchev–Trinajstić information content (AvgIpc) is 3.06. The van der Waals surface area contributed by atoms with Gasteiger partial charge >= 0.3 is 0 Å². The SMILES string of the molecule is COCCn1c(=NC(=O)c2cc(OC)c(OC)cc2[N+](=O)[O-])sc2cc(F)ccc21. The van der Waals surface area contributed by atoms with Gasteiger partial charge in [-0.1, -0.05) is 11.3 Å². The molecule has 0 radical (unpaired) electrons. The van der Waals surface area contributed by atoms with Crippen LogP contribution in [0.25, 0.3) is 10.2 Å². The maximum atomic E-state index is 13.6. The van der Waals surface area contributed by atoms with Crippen LogP contribution in [0.2, 0.25) is 0 Å². The topological polar surface area (TPSA) is 105 Å². The fourth-order valence-corrected chi connectivity index (χ4v) is 3.95. The van der Waals surface area contributed by atoms with Crippen molar-refractivity contribution in [3.63, 3.8) is 0 Å². The van der Waals surface area contributed by atoms with Gasteiger partial charge in [0.25, 0.3) is 11.6 Å². The van der Waals surface area contributed by atoms with E-state index in [1.807, 2.05) is 0 Å². The Morgan fingerprint density at radius 1 is 1.20 bits per heavy atom. The fourth-order valence-electron chi connectivity index (χ4n) is 2.87. The van der Waals surface area contributed by atoms with E-state index in [9.17, 15) is 19.3 Å². The third-order valence-corrected chi connectivity index (χ3v) is 5.33. The molecule has 1 amide bonds. The molecule has 0 aliphatic rings. The zero-order chi connectivity index (χ0) is 21.8. The number of ether oxygens (including phenoxy) is 3. The summed E-state index contributed by atoms with van der Waals surface area (Å²) in [5.74, 6) is -0.975. The highest BCUT2D eigenvalue weighted by Crippen LogP contribution is 2.34. The van der Waals surface area contributed by atoms with Crippen LogP contribution in [0.5, 0.6) is 11.5 Å². The highest BCUT2D eigenvalue weighted by atomic mass is 32.1. The smallest absolute Gasteiger partial charge is 0.286 e. The van der Waals surface area contributed by atoms with E-state index in [2.05, 4.69) is 4.99 Å². The second-order valence-corrected chi connectivity index (χ2v) is 7.05. The van der Waals surface area contributed by atoms with Crippen molar-refractivity contribution in [1.82, 2.24) is 4.57 Å². The maximum Gasteiger partial charge on any atom is 0.286 e. The number of hydrogen-bond donors (Lipinski definition) is 0. The molecule has 0 N–H and O–H groups in total. The molecule has 11 heteroatoms. The number of benzene rings is 2. The van der Waals surface area contributed by atoms with Crippen LogP contribution < -0.4 is 14.3 Å². The summed E-state index contributed by atoms with van der Waals surface area (Å²) >= 11 is 1.10. The zero-order valence-corrected chi connectivity index (χ0v) is 17.2. The van der Waals surface area contributed by atoms with Crippen LogP contribution in [-0.4, -0.2) is 43.3 Å². The Balaban J connectivity index is 2.19. The molecule has 9 nitrogen and oxygen atoms in total. The lowest BCUT2D eigenvalue weighted by Crippen LogP contribution is -2.19. The van der Waals surface area contributed by atoms with Crippen molar-refractivity contribution in [3.05, 3.63) is 56.6 Å². The van der Waals surface area contributed by atoms with E-state index in [4.69, 9.17) is 14.2 Å². The molecule has 0 saturated heterocycles. The second kappa shape index (κ2) is 9.01. The quantitative estimate of drug-likeness (QED) is 0.417. The molecule has 0 aliphatic carbocycles. The van der Waals surface area contributed by atoms with Gasteiger partial charge in [0, 0.05) is 19.7 Å². The molecule has 1 aromatic heterocycles. The van der Waals surface area contributed by atoms with Gasteiger partial charge in [-0.25, -0.2) is 4.39 Å². The minimum atomic E-state index is -0.833. The van der Waals surface area contributed by atoms with Gasteiger partial charge in [-0.05, 0) is 18.2 Å². The van der Waals surface area contributed by atoms with Crippen molar-refractivity contribution in [2.45, 2.75) is 6.54 Å². The van der Waals surface area contributed by atoms with E-state index < -0.39 is 22.3 Å². The molecule has 0 fully saturated rings. The number of amides is 1. The maximum absolute atomic E-state index is 13.6. The zero-order valence-electron chi connectivity index (χ0n) is 16.4. The van der Waals surface area contributed by atoms with Crippen LogP contribution in [0.3, 0.4) is 0 Å². The summed E-state index contributed by atoms with van der Waals surface area (Å²) < 4.78 is 31.2. The van der Waals surface area contributed by atoms with Crippen LogP contribution in [0, 0.1) is 15.9 Å². The molecule has 0 atom stereocenters. The number of nitro benzene ring substituents is 1. The number of carbonyl (C=O) groups is 1. The number of hydrogen-bond acceptors (Lipinski definition) is 7. The Kier molecular flexibility index (Phi) is 6.43. The predicted molar refractivity (Wildman–Crippen MR) is 108 cm³/mol. The first-order valence-corrected chi connectivity index (χ1v) is 9.48. The van der Waals surface area contributed by atoms with Gasteiger partial charge in [0.1, 0.15) is 11.4 Å². The summed E-state index contributed by atoms with van der Waals surface area (Å²) in [6.45, 7) is 0.698. The summed E-state index contributed by atoms with van der Waals surface area (Å²) in [6.07, 6.45) is 0. The predicted octanol–water partition coefficient (Wildman–Crippen LogP) is 3.15. The third-order valence-electron chi connectivity index (χ3n) is 4.29. The monoisotopic (exact) mass is 435 g/mol. The molecule has 0 bridgehead atoms. The average molecular weight is 435 g/mol. The van der Waals surface area contributed by atoms with Crippen LogP contribution in [0.1, 0.15) is 10.4 Å². The van der Waals surface area contributed by atoms with Gasteiger partial charge in [0.05, 0.1) is 42.0 Å². The molecule has 0 aliphatic heterocycles. The second-order valence-electron chi connectivity index (χ2n) is 6.04. The van der Waals surface area contributed by atoms with E-state index in [0.29, 0.717) is 23.4 Å². The van der Waals surface area contributed by atoms with Crippen molar-refractivity contribution in [3.8, 4) is 11.5 Å². The number of nitrogens with zero attached hydrogens (tertiary/aromatic N) is 3. The number of aromatic nitrogens is 1. The number of carbonyl (C=O) groups excluding carboxylic acids is 1. The molecule has 0 spiro atoms. The molecule has 3 aromatic rings. The van der Waals surface area contributed by atoms with Crippen molar-refractivity contribution < 1.29 is 28.3 Å². The van der Waals surface area contributed by atoms with Gasteiger partial charge < -0.3 is 18.8 Å². The molecule has 30 heavy (non-hydrogen) atoms. The summed E-state index contributed by atoms with van der Waals surface area (Å²) in [5.41, 5.74) is -0.0385. The number of methoxy groups -OCH3 is 3. The molecule has 2 aromatic carbocycles. The number of rotatable bonds is 7. The molecule has 0 unspecified atom stereocenters. The highest BCUT2D eigenvalue weighted by Gasteiger charge is 2.24. The molecule has 158 valence electrons. The fraction of sp³-hybridized carbons (Fsp3) is 0.263. The van der Waals surface area contributed by atoms with Crippen molar-refractivity contribution in [2.75, 3.05) is 27.9 Å². The summed E-state index contributed by atoms with van der Waals surface area (Å²) in [7, 11) is 4.22. The Morgan fingerprint density at radius 3 is 2.53 bits per heavy atom. The summed E-state index contributed by atoms with van der Waals surface area (Å²) in [6, 6.07) is 6.56. The third kappa shape index (κ3) is 4.16. The number of fused-ring (bicyclic) bond motifs is 1. The van der Waals surface area contributed by atoms with Gasteiger partial charge in [0.2, 0.25) is 0 Å². The summed E-state index contributed by atoms with van der Waals surface area (Å²) in [4.78, 5) is 28.0. The Labute approximate surface area is 174 Å². The lowest BCUT2D eigenvalue weighted by Gasteiger charge is -2.09. The van der Waals surface area contributed by atoms with E-state index in [1.54, 1.807) is 10.6 Å². The number of nitro groups is 1. The van der Waals surface area contributed by atoms with Crippen molar-refractivity contribution in [1.29, 1.82) is 0 Å². The van der Waals surface area contributed by atoms with E-state index in [1.165, 1.54) is 39.5 Å². The lowest BCUT2D eigenvalue weighted by atomic mass is 10.1. The van der Waals surface area contributed by atoms with Crippen molar-refractivity contribution in [2.24, 2.45) is 4.99 Å². The van der Waals surface area contributed by atoms with Gasteiger partial charge in [0.15, 0.2) is 16.3 Å². The Bertz CT molecular complexity index is 1190. The molecular formula is C19H18FN3O6S. The van der Waals surface area contributed by atoms with Crippen molar-refractivity contribution >= 4 is 33.1 Å². The first-order valence-electron chi connectivity index (χ1n) is 8.67. The molecular weight excluding hydrogens is 417 g/mol. The number of halogens is 1. The molecule has 0 saturated carbocycles. The van der Waals surface area contributed by atoms with Crippen LogP contribution in [0.15, 0.2) is 35.3 Å². The van der Waals surface area contributed by atoms with E-state index >= 15 is 0 Å². The minimum absolute atomic E-state index is 0.119. The Morgan fingerprint density at radius 2 is 1.90 bits per heavy atom. The minimum Gasteiger partial charge on any atom is -0.493 e. The summed E-state index contributed by atoms with van der Waals surface area (Å²) in [5, 5.41) is 11.5. The first kappa shape index (κ1) is 21.4. The lowest BCUT2D eigenvalue weighted by molar-refractivity contribution is -0.385. The van der Waals surface area contributed by atoms with Crippen LogP contribution in [-0.2, 0) is 11.3 Å².